The van der Waals surface area contributed by atoms with Gasteiger partial charge >= 0.3 is 0 Å². The second kappa shape index (κ2) is 4.97. The smallest absolute Gasteiger partial charge is 0.222 e. The minimum atomic E-state index is 0.320. The molecule has 1 saturated carbocycles. The van der Waals surface area contributed by atoms with Crippen molar-refractivity contribution in [2.45, 2.75) is 52.0 Å². The first-order valence-corrected chi connectivity index (χ1v) is 7.02. The van der Waals surface area contributed by atoms with Crippen molar-refractivity contribution in [1.82, 2.24) is 9.80 Å². The molecule has 1 heterocycles. The van der Waals surface area contributed by atoms with E-state index in [9.17, 15) is 4.79 Å². The first-order valence-electron chi connectivity index (χ1n) is 7.02. The zero-order valence-electron chi connectivity index (χ0n) is 11.5. The molecule has 0 unspecified atom stereocenters. The lowest BCUT2D eigenvalue weighted by Gasteiger charge is -2.37. The van der Waals surface area contributed by atoms with Crippen molar-refractivity contribution in [3.05, 3.63) is 0 Å². The fourth-order valence-corrected chi connectivity index (χ4v) is 2.88. The molecule has 1 amide bonds. The minimum Gasteiger partial charge on any atom is -0.343 e. The number of rotatable bonds is 4. The van der Waals surface area contributed by atoms with Crippen LogP contribution in [0.3, 0.4) is 0 Å². The number of hydrogen-bond acceptors (Lipinski definition) is 2. The van der Waals surface area contributed by atoms with Gasteiger partial charge in [-0.2, -0.15) is 0 Å². The van der Waals surface area contributed by atoms with Crippen molar-refractivity contribution >= 4 is 5.91 Å². The summed E-state index contributed by atoms with van der Waals surface area (Å²) in [5.74, 6) is 0.320. The Hall–Kier alpha value is -0.570. The highest BCUT2D eigenvalue weighted by Crippen LogP contribution is 2.45. The van der Waals surface area contributed by atoms with Crippen LogP contribution in [0.1, 0.15) is 46.0 Å². The Bertz CT molecular complexity index is 278. The van der Waals surface area contributed by atoms with Crippen LogP contribution in [-0.4, -0.2) is 48.4 Å². The molecule has 2 rings (SSSR count). The standard InChI is InChI=1S/C14H26N2O/c1-4-13(17)16-9-5-12(6-10-16)15(3)11-14(2)7-8-14/h12H,4-11H2,1-3H3. The van der Waals surface area contributed by atoms with Crippen LogP contribution in [0.2, 0.25) is 0 Å². The maximum absolute atomic E-state index is 11.6. The summed E-state index contributed by atoms with van der Waals surface area (Å²) in [5, 5.41) is 0. The molecule has 98 valence electrons. The van der Waals surface area contributed by atoms with Crippen LogP contribution in [0, 0.1) is 5.41 Å². The first-order chi connectivity index (χ1) is 8.04. The summed E-state index contributed by atoms with van der Waals surface area (Å²) in [5.41, 5.74) is 0.602. The second-order valence-corrected chi connectivity index (χ2v) is 6.19. The summed E-state index contributed by atoms with van der Waals surface area (Å²) >= 11 is 0. The molecular weight excluding hydrogens is 212 g/mol. The van der Waals surface area contributed by atoms with Gasteiger partial charge in [0.25, 0.3) is 0 Å². The van der Waals surface area contributed by atoms with Crippen LogP contribution in [0.15, 0.2) is 0 Å². The van der Waals surface area contributed by atoms with E-state index >= 15 is 0 Å². The van der Waals surface area contributed by atoms with Crippen LogP contribution >= 0.6 is 0 Å². The monoisotopic (exact) mass is 238 g/mol. The van der Waals surface area contributed by atoms with E-state index in [-0.39, 0.29) is 0 Å². The van der Waals surface area contributed by atoms with Gasteiger partial charge in [0, 0.05) is 32.1 Å². The number of piperidine rings is 1. The second-order valence-electron chi connectivity index (χ2n) is 6.19. The van der Waals surface area contributed by atoms with Crippen LogP contribution in [0.4, 0.5) is 0 Å². The van der Waals surface area contributed by atoms with Gasteiger partial charge in [-0.15, -0.1) is 0 Å². The summed E-state index contributed by atoms with van der Waals surface area (Å²) in [7, 11) is 2.26. The maximum atomic E-state index is 11.6. The summed E-state index contributed by atoms with van der Waals surface area (Å²) in [6.45, 7) is 7.49. The predicted molar refractivity (Wildman–Crippen MR) is 69.9 cm³/mol. The van der Waals surface area contributed by atoms with Crippen LogP contribution < -0.4 is 0 Å². The van der Waals surface area contributed by atoms with E-state index in [2.05, 4.69) is 18.9 Å². The molecular formula is C14H26N2O. The normalized spacial score (nSPS) is 24.1. The van der Waals surface area contributed by atoms with E-state index in [4.69, 9.17) is 0 Å². The highest BCUT2D eigenvalue weighted by atomic mass is 16.2. The largest absolute Gasteiger partial charge is 0.343 e. The molecule has 2 fully saturated rings. The van der Waals surface area contributed by atoms with Gasteiger partial charge in [-0.05, 0) is 38.1 Å². The zero-order chi connectivity index (χ0) is 12.5. The van der Waals surface area contributed by atoms with Gasteiger partial charge in [0.05, 0.1) is 0 Å². The molecule has 0 bridgehead atoms. The number of nitrogens with zero attached hydrogens (tertiary/aromatic N) is 2. The zero-order valence-corrected chi connectivity index (χ0v) is 11.5. The van der Waals surface area contributed by atoms with Gasteiger partial charge in [-0.3, -0.25) is 4.79 Å². The highest BCUT2D eigenvalue weighted by Gasteiger charge is 2.39. The molecule has 0 aromatic heterocycles. The average Bonchev–Trinajstić information content (AvgIpc) is 3.06. The molecule has 3 nitrogen and oxygen atoms in total. The number of amides is 1. The first kappa shape index (κ1) is 12.9. The van der Waals surface area contributed by atoms with Crippen molar-refractivity contribution in [3.63, 3.8) is 0 Å². The van der Waals surface area contributed by atoms with Crippen LogP contribution in [-0.2, 0) is 4.79 Å². The Kier molecular flexibility index (Phi) is 3.76. The Morgan fingerprint density at radius 3 is 2.41 bits per heavy atom. The number of hydrogen-bond donors (Lipinski definition) is 0. The summed E-state index contributed by atoms with van der Waals surface area (Å²) in [6.07, 6.45) is 5.74. The molecule has 0 aromatic carbocycles. The Labute approximate surface area is 105 Å². The summed E-state index contributed by atoms with van der Waals surface area (Å²) < 4.78 is 0. The van der Waals surface area contributed by atoms with Crippen molar-refractivity contribution in [1.29, 1.82) is 0 Å². The van der Waals surface area contributed by atoms with Gasteiger partial charge in [0.1, 0.15) is 0 Å². The quantitative estimate of drug-likeness (QED) is 0.749. The molecule has 0 aromatic rings. The van der Waals surface area contributed by atoms with Gasteiger partial charge < -0.3 is 9.80 Å². The van der Waals surface area contributed by atoms with Crippen LogP contribution in [0.5, 0.6) is 0 Å². The summed E-state index contributed by atoms with van der Waals surface area (Å²) in [4.78, 5) is 16.2. The fourth-order valence-electron chi connectivity index (χ4n) is 2.88. The maximum Gasteiger partial charge on any atom is 0.222 e. The molecule has 1 saturated heterocycles. The average molecular weight is 238 g/mol. The van der Waals surface area contributed by atoms with Crippen molar-refractivity contribution in [2.75, 3.05) is 26.7 Å². The van der Waals surface area contributed by atoms with Crippen molar-refractivity contribution in [2.24, 2.45) is 5.41 Å². The van der Waals surface area contributed by atoms with E-state index in [1.54, 1.807) is 0 Å². The third-order valence-electron chi connectivity index (χ3n) is 4.48. The van der Waals surface area contributed by atoms with E-state index in [1.165, 1.54) is 19.4 Å². The molecule has 17 heavy (non-hydrogen) atoms. The molecule has 0 spiro atoms. The van der Waals surface area contributed by atoms with Crippen molar-refractivity contribution < 1.29 is 4.79 Å². The summed E-state index contributed by atoms with van der Waals surface area (Å²) in [6, 6.07) is 0.688. The Morgan fingerprint density at radius 2 is 1.94 bits per heavy atom. The minimum absolute atomic E-state index is 0.320. The fraction of sp³-hybridized carbons (Fsp3) is 0.929. The predicted octanol–water partition coefficient (Wildman–Crippen LogP) is 2.12. The molecule has 0 atom stereocenters. The third-order valence-corrected chi connectivity index (χ3v) is 4.48. The lowest BCUT2D eigenvalue weighted by Crippen LogP contribution is -2.46. The Morgan fingerprint density at radius 1 is 1.35 bits per heavy atom. The number of carbonyl (C=O) groups is 1. The highest BCUT2D eigenvalue weighted by molar-refractivity contribution is 5.75. The van der Waals surface area contributed by atoms with E-state index in [1.807, 2.05) is 11.8 Å². The molecule has 0 N–H and O–H groups in total. The van der Waals surface area contributed by atoms with E-state index < -0.39 is 0 Å². The SMILES string of the molecule is CCC(=O)N1CCC(N(C)CC2(C)CC2)CC1. The van der Waals surface area contributed by atoms with Crippen LogP contribution in [0.25, 0.3) is 0 Å². The topological polar surface area (TPSA) is 23.6 Å². The lowest BCUT2D eigenvalue weighted by molar-refractivity contribution is -0.132. The van der Waals surface area contributed by atoms with Gasteiger partial charge in [-0.25, -0.2) is 0 Å². The molecule has 1 aliphatic carbocycles. The van der Waals surface area contributed by atoms with E-state index in [0.29, 0.717) is 23.8 Å². The van der Waals surface area contributed by atoms with Gasteiger partial charge in [-0.1, -0.05) is 13.8 Å². The number of likely N-dealkylation sites (tertiary alicyclic amines) is 1. The number of carbonyl (C=O) groups excluding carboxylic acids is 1. The van der Waals surface area contributed by atoms with Crippen molar-refractivity contribution in [3.8, 4) is 0 Å². The van der Waals surface area contributed by atoms with E-state index in [0.717, 1.165) is 25.9 Å². The van der Waals surface area contributed by atoms with Gasteiger partial charge in [0.15, 0.2) is 0 Å². The molecule has 2 aliphatic rings. The molecule has 3 heteroatoms. The molecule has 1 aliphatic heterocycles. The lowest BCUT2D eigenvalue weighted by atomic mass is 10.0. The molecule has 0 radical (unpaired) electrons. The van der Waals surface area contributed by atoms with Gasteiger partial charge in [0.2, 0.25) is 5.91 Å². The Balaban J connectivity index is 1.76. The third kappa shape index (κ3) is 3.21.